The highest BCUT2D eigenvalue weighted by Crippen LogP contribution is 2.22. The molecule has 0 saturated carbocycles. The molecule has 1 radical (unpaired) electrons. The number of aryl methyl sites for hydroxylation is 1. The van der Waals surface area contributed by atoms with Gasteiger partial charge < -0.3 is 0 Å². The quantitative estimate of drug-likeness (QED) is 0.673. The summed E-state index contributed by atoms with van der Waals surface area (Å²) in [5, 5.41) is 0. The summed E-state index contributed by atoms with van der Waals surface area (Å²) in [7, 11) is 0. The molecule has 0 N–H and O–H groups in total. The van der Waals surface area contributed by atoms with Crippen molar-refractivity contribution in [1.82, 2.24) is 0 Å². The second-order valence-corrected chi connectivity index (χ2v) is 4.72. The molecule has 0 unspecified atom stereocenters. The summed E-state index contributed by atoms with van der Waals surface area (Å²) in [5.74, 6) is 0. The van der Waals surface area contributed by atoms with E-state index in [1.165, 1.54) is 11.1 Å². The third-order valence-electron chi connectivity index (χ3n) is 2.42. The molecule has 0 amide bonds. The van der Waals surface area contributed by atoms with Gasteiger partial charge >= 0.3 is 0 Å². The van der Waals surface area contributed by atoms with Crippen molar-refractivity contribution >= 4 is 0 Å². The van der Waals surface area contributed by atoms with Gasteiger partial charge in [-0.3, -0.25) is 0 Å². The fourth-order valence-electron chi connectivity index (χ4n) is 1.42. The molecule has 1 rings (SSSR count). The number of hydrogen-bond donors (Lipinski definition) is 0. The van der Waals surface area contributed by atoms with Crippen LogP contribution in [0.15, 0.2) is 30.3 Å². The molecule has 0 spiro atoms. The fourth-order valence-corrected chi connectivity index (χ4v) is 1.42. The van der Waals surface area contributed by atoms with Crippen LogP contribution in [-0.4, -0.2) is 0 Å². The first-order valence-corrected chi connectivity index (χ1v) is 5.17. The van der Waals surface area contributed by atoms with Crippen molar-refractivity contribution in [2.45, 2.75) is 39.0 Å². The van der Waals surface area contributed by atoms with Crippen LogP contribution < -0.4 is 0 Å². The van der Waals surface area contributed by atoms with Gasteiger partial charge in [0.05, 0.1) is 0 Å². The summed E-state index contributed by atoms with van der Waals surface area (Å²) in [6.07, 6.45) is 3.72. The molecule has 0 fully saturated rings. The van der Waals surface area contributed by atoms with Crippen molar-refractivity contribution in [3.63, 3.8) is 0 Å². The van der Waals surface area contributed by atoms with Crippen LogP contribution in [0.4, 0.5) is 0 Å². The Morgan fingerprint density at radius 2 is 1.71 bits per heavy atom. The second-order valence-electron chi connectivity index (χ2n) is 4.72. The maximum atomic E-state index is 5.35. The van der Waals surface area contributed by atoms with Crippen LogP contribution >= 0.6 is 0 Å². The Balaban J connectivity index is 2.73. The van der Waals surface area contributed by atoms with Crippen molar-refractivity contribution < 1.29 is 0 Å². The van der Waals surface area contributed by atoms with Crippen molar-refractivity contribution in [1.29, 1.82) is 0 Å². The van der Waals surface area contributed by atoms with E-state index >= 15 is 0 Å². The van der Waals surface area contributed by atoms with Gasteiger partial charge in [0, 0.05) is 0 Å². The Morgan fingerprint density at radius 3 is 2.14 bits per heavy atom. The monoisotopic (exact) mass is 187 g/mol. The van der Waals surface area contributed by atoms with E-state index in [0.717, 1.165) is 12.8 Å². The summed E-state index contributed by atoms with van der Waals surface area (Å²) in [6.45, 7) is 12.0. The highest BCUT2D eigenvalue weighted by Gasteiger charge is 2.12. The molecule has 0 nitrogen and oxygen atoms in total. The van der Waals surface area contributed by atoms with Gasteiger partial charge in [0.1, 0.15) is 0 Å². The van der Waals surface area contributed by atoms with Gasteiger partial charge in [0.15, 0.2) is 0 Å². The molecule has 0 heterocycles. The number of allylic oxidation sites excluding steroid dienone is 1. The lowest BCUT2D eigenvalue weighted by atomic mass is 9.86. The number of benzene rings is 1. The predicted molar refractivity (Wildman–Crippen MR) is 62.3 cm³/mol. The summed E-state index contributed by atoms with van der Waals surface area (Å²) in [4.78, 5) is 0. The molecular weight excluding hydrogens is 168 g/mol. The molecule has 0 saturated heterocycles. The van der Waals surface area contributed by atoms with Crippen LogP contribution in [0.1, 0.15) is 38.3 Å². The third-order valence-corrected chi connectivity index (χ3v) is 2.42. The maximum Gasteiger partial charge on any atom is -0.0132 e. The standard InChI is InChI=1S/C14H19/c1-5-6-7-12-8-10-13(11-9-12)14(2,3)4/h1,5,8-11H,6-7H2,2-4H3. The van der Waals surface area contributed by atoms with E-state index < -0.39 is 0 Å². The predicted octanol–water partition coefficient (Wildman–Crippen LogP) is 3.91. The molecule has 1 aromatic carbocycles. The van der Waals surface area contributed by atoms with Gasteiger partial charge in [-0.15, -0.1) is 0 Å². The molecule has 0 aliphatic rings. The van der Waals surface area contributed by atoms with Crippen LogP contribution in [0.2, 0.25) is 0 Å². The largest absolute Gasteiger partial charge is 0.0842 e. The zero-order chi connectivity index (χ0) is 10.6. The minimum absolute atomic E-state index is 0.249. The van der Waals surface area contributed by atoms with Gasteiger partial charge in [-0.05, 0) is 29.4 Å². The molecule has 1 aromatic rings. The summed E-state index contributed by atoms with van der Waals surface area (Å²) >= 11 is 0. The van der Waals surface area contributed by atoms with E-state index in [0.29, 0.717) is 0 Å². The minimum Gasteiger partial charge on any atom is -0.0842 e. The maximum absolute atomic E-state index is 5.35. The second kappa shape index (κ2) is 4.45. The van der Waals surface area contributed by atoms with Crippen LogP contribution in [0.3, 0.4) is 0 Å². The van der Waals surface area contributed by atoms with E-state index in [-0.39, 0.29) is 5.41 Å². The summed E-state index contributed by atoms with van der Waals surface area (Å²) < 4.78 is 0. The molecule has 0 atom stereocenters. The van der Waals surface area contributed by atoms with Crippen molar-refractivity contribution in [2.24, 2.45) is 0 Å². The van der Waals surface area contributed by atoms with Crippen LogP contribution in [-0.2, 0) is 11.8 Å². The first kappa shape index (κ1) is 11.0. The van der Waals surface area contributed by atoms with Gasteiger partial charge in [-0.2, -0.15) is 0 Å². The van der Waals surface area contributed by atoms with E-state index in [4.69, 9.17) is 6.58 Å². The highest BCUT2D eigenvalue weighted by molar-refractivity contribution is 5.27. The van der Waals surface area contributed by atoms with Crippen LogP contribution in [0.5, 0.6) is 0 Å². The fraction of sp³-hybridized carbons (Fsp3) is 0.429. The zero-order valence-electron chi connectivity index (χ0n) is 9.38. The van der Waals surface area contributed by atoms with E-state index in [1.807, 2.05) is 0 Å². The van der Waals surface area contributed by atoms with Gasteiger partial charge in [-0.1, -0.05) is 57.7 Å². The van der Waals surface area contributed by atoms with Crippen LogP contribution in [0, 0.1) is 6.58 Å². The lowest BCUT2D eigenvalue weighted by molar-refractivity contribution is 0.590. The van der Waals surface area contributed by atoms with Crippen molar-refractivity contribution in [3.8, 4) is 0 Å². The molecule has 0 heteroatoms. The zero-order valence-corrected chi connectivity index (χ0v) is 9.38. The topological polar surface area (TPSA) is 0 Å². The first-order valence-electron chi connectivity index (χ1n) is 5.17. The Labute approximate surface area is 87.7 Å². The molecular formula is C14H19. The van der Waals surface area contributed by atoms with Crippen molar-refractivity contribution in [2.75, 3.05) is 0 Å². The third kappa shape index (κ3) is 3.02. The Morgan fingerprint density at radius 1 is 1.14 bits per heavy atom. The van der Waals surface area contributed by atoms with E-state index in [1.54, 1.807) is 6.08 Å². The van der Waals surface area contributed by atoms with Crippen LogP contribution in [0.25, 0.3) is 0 Å². The Bertz CT molecular complexity index is 285. The molecule has 0 aliphatic heterocycles. The van der Waals surface area contributed by atoms with E-state index in [2.05, 4.69) is 45.0 Å². The highest BCUT2D eigenvalue weighted by atomic mass is 14.2. The first-order chi connectivity index (χ1) is 6.54. The van der Waals surface area contributed by atoms with Gasteiger partial charge in [-0.25, -0.2) is 0 Å². The Hall–Kier alpha value is -1.04. The van der Waals surface area contributed by atoms with Gasteiger partial charge in [0.25, 0.3) is 0 Å². The minimum atomic E-state index is 0.249. The van der Waals surface area contributed by atoms with Gasteiger partial charge in [0.2, 0.25) is 0 Å². The Kier molecular flexibility index (Phi) is 3.51. The number of rotatable bonds is 3. The van der Waals surface area contributed by atoms with E-state index in [9.17, 15) is 0 Å². The smallest absolute Gasteiger partial charge is 0.0132 e. The average molecular weight is 187 g/mol. The normalized spacial score (nSPS) is 11.4. The lowest BCUT2D eigenvalue weighted by Crippen LogP contribution is -2.10. The lowest BCUT2D eigenvalue weighted by Gasteiger charge is -2.19. The SMILES string of the molecule is [CH]=CCCc1ccc(C(C)(C)C)cc1. The number of hydrogen-bond acceptors (Lipinski definition) is 0. The molecule has 14 heavy (non-hydrogen) atoms. The van der Waals surface area contributed by atoms with Crippen molar-refractivity contribution in [3.05, 3.63) is 48.0 Å². The average Bonchev–Trinajstić information content (AvgIpc) is 2.14. The molecule has 75 valence electrons. The molecule has 0 aromatic heterocycles. The molecule has 0 aliphatic carbocycles. The summed E-state index contributed by atoms with van der Waals surface area (Å²) in [6, 6.07) is 8.83. The summed E-state index contributed by atoms with van der Waals surface area (Å²) in [5.41, 5.74) is 3.00. The molecule has 0 bridgehead atoms.